The number of nitrogens with two attached hydrogens (primary N) is 1. The summed E-state index contributed by atoms with van der Waals surface area (Å²) in [7, 11) is 1.58. The Hall–Kier alpha value is -2.47. The number of anilines is 1. The van der Waals surface area contributed by atoms with Crippen LogP contribution < -0.4 is 10.5 Å². The van der Waals surface area contributed by atoms with Gasteiger partial charge in [0.25, 0.3) is 0 Å². The summed E-state index contributed by atoms with van der Waals surface area (Å²) in [5, 5.41) is 0. The fourth-order valence-electron chi connectivity index (χ4n) is 1.36. The first-order chi connectivity index (χ1) is 8.29. The summed E-state index contributed by atoms with van der Waals surface area (Å²) >= 11 is 0. The lowest BCUT2D eigenvalue weighted by Gasteiger charge is -2.03. The molecule has 2 rings (SSSR count). The zero-order chi connectivity index (χ0) is 12.1. The first-order valence-corrected chi connectivity index (χ1v) is 5.16. The third-order valence-electron chi connectivity index (χ3n) is 2.23. The smallest absolute Gasteiger partial charge is 0.142 e. The SMILES string of the molecule is COc1cc(C#Cc2ccccn2)ccc1N. The quantitative estimate of drug-likeness (QED) is 0.596. The lowest BCUT2D eigenvalue weighted by atomic mass is 10.2. The molecule has 17 heavy (non-hydrogen) atoms. The van der Waals surface area contributed by atoms with Crippen molar-refractivity contribution >= 4 is 5.69 Å². The molecule has 0 saturated carbocycles. The predicted molar refractivity (Wildman–Crippen MR) is 67.6 cm³/mol. The summed E-state index contributed by atoms with van der Waals surface area (Å²) in [6.07, 6.45) is 1.72. The topological polar surface area (TPSA) is 48.1 Å². The number of ether oxygens (including phenoxy) is 1. The molecule has 0 aliphatic heterocycles. The van der Waals surface area contributed by atoms with Gasteiger partial charge in [-0.1, -0.05) is 12.0 Å². The monoisotopic (exact) mass is 224 g/mol. The highest BCUT2D eigenvalue weighted by Gasteiger charge is 1.98. The number of benzene rings is 1. The van der Waals surface area contributed by atoms with Gasteiger partial charge >= 0.3 is 0 Å². The predicted octanol–water partition coefficient (Wildman–Crippen LogP) is 2.07. The molecule has 3 nitrogen and oxygen atoms in total. The Balaban J connectivity index is 2.28. The number of pyridine rings is 1. The van der Waals surface area contributed by atoms with Crippen LogP contribution in [0.4, 0.5) is 5.69 Å². The molecule has 0 amide bonds. The van der Waals surface area contributed by atoms with Crippen LogP contribution >= 0.6 is 0 Å². The van der Waals surface area contributed by atoms with E-state index in [0.717, 1.165) is 11.3 Å². The van der Waals surface area contributed by atoms with Gasteiger partial charge in [-0.25, -0.2) is 4.98 Å². The normalized spacial score (nSPS) is 9.24. The number of hydrogen-bond acceptors (Lipinski definition) is 3. The zero-order valence-electron chi connectivity index (χ0n) is 9.47. The molecule has 1 heterocycles. The van der Waals surface area contributed by atoms with Crippen molar-refractivity contribution in [3.05, 3.63) is 53.9 Å². The highest BCUT2D eigenvalue weighted by molar-refractivity contribution is 5.57. The van der Waals surface area contributed by atoms with Crippen LogP contribution in [-0.2, 0) is 0 Å². The Morgan fingerprint density at radius 1 is 1.18 bits per heavy atom. The minimum atomic E-state index is 0.607. The van der Waals surface area contributed by atoms with Crippen LogP contribution in [-0.4, -0.2) is 12.1 Å². The van der Waals surface area contributed by atoms with E-state index >= 15 is 0 Å². The van der Waals surface area contributed by atoms with Crippen LogP contribution in [0.3, 0.4) is 0 Å². The molecule has 1 aromatic heterocycles. The second-order valence-corrected chi connectivity index (χ2v) is 3.42. The van der Waals surface area contributed by atoms with Crippen molar-refractivity contribution < 1.29 is 4.74 Å². The van der Waals surface area contributed by atoms with Gasteiger partial charge in [0.2, 0.25) is 0 Å². The molecule has 0 unspecified atom stereocenters. The molecule has 0 bridgehead atoms. The Bertz CT molecular complexity index is 568. The molecule has 0 aliphatic rings. The molecule has 84 valence electrons. The van der Waals surface area contributed by atoms with Crippen LogP contribution in [0.2, 0.25) is 0 Å². The average molecular weight is 224 g/mol. The van der Waals surface area contributed by atoms with Crippen LogP contribution in [0.1, 0.15) is 11.3 Å². The van der Waals surface area contributed by atoms with E-state index in [0.29, 0.717) is 11.4 Å². The number of methoxy groups -OCH3 is 1. The van der Waals surface area contributed by atoms with Crippen LogP contribution in [0.5, 0.6) is 5.75 Å². The third kappa shape index (κ3) is 2.76. The zero-order valence-corrected chi connectivity index (χ0v) is 9.47. The molecule has 2 aromatic rings. The average Bonchev–Trinajstić information content (AvgIpc) is 2.39. The molecular weight excluding hydrogens is 212 g/mol. The Morgan fingerprint density at radius 2 is 2.06 bits per heavy atom. The first kappa shape index (κ1) is 11.0. The van der Waals surface area contributed by atoms with E-state index in [1.165, 1.54) is 0 Å². The highest BCUT2D eigenvalue weighted by Crippen LogP contribution is 2.21. The summed E-state index contributed by atoms with van der Waals surface area (Å²) in [6, 6.07) is 11.1. The Labute approximate surface area is 100 Å². The van der Waals surface area contributed by atoms with E-state index in [2.05, 4.69) is 16.8 Å². The summed E-state index contributed by atoms with van der Waals surface area (Å²) < 4.78 is 5.13. The van der Waals surface area contributed by atoms with Crippen molar-refractivity contribution in [1.29, 1.82) is 0 Å². The molecule has 0 spiro atoms. The van der Waals surface area contributed by atoms with Gasteiger partial charge in [0.15, 0.2) is 0 Å². The third-order valence-corrected chi connectivity index (χ3v) is 2.23. The van der Waals surface area contributed by atoms with Crippen molar-refractivity contribution in [3.8, 4) is 17.6 Å². The lowest BCUT2D eigenvalue weighted by Crippen LogP contribution is -1.92. The minimum absolute atomic E-state index is 0.607. The van der Waals surface area contributed by atoms with Gasteiger partial charge in [-0.2, -0.15) is 0 Å². The summed E-state index contributed by atoms with van der Waals surface area (Å²) in [5.74, 6) is 6.63. The van der Waals surface area contributed by atoms with Gasteiger partial charge in [-0.15, -0.1) is 0 Å². The summed E-state index contributed by atoms with van der Waals surface area (Å²) in [6.45, 7) is 0. The van der Waals surface area contributed by atoms with Crippen LogP contribution in [0.25, 0.3) is 0 Å². The Morgan fingerprint density at radius 3 is 2.76 bits per heavy atom. The second-order valence-electron chi connectivity index (χ2n) is 3.42. The molecular formula is C14H12N2O. The maximum Gasteiger partial charge on any atom is 0.142 e. The van der Waals surface area contributed by atoms with Crippen molar-refractivity contribution in [2.75, 3.05) is 12.8 Å². The van der Waals surface area contributed by atoms with E-state index in [1.54, 1.807) is 19.4 Å². The lowest BCUT2D eigenvalue weighted by molar-refractivity contribution is 0.417. The standard InChI is InChI=1S/C14H12N2O/c1-17-14-10-11(6-8-13(14)15)5-7-12-4-2-3-9-16-12/h2-4,6,8-10H,15H2,1H3. The number of aromatic nitrogens is 1. The van der Waals surface area contributed by atoms with E-state index in [1.807, 2.05) is 30.3 Å². The Kier molecular flexibility index (Phi) is 3.27. The molecule has 0 radical (unpaired) electrons. The number of rotatable bonds is 1. The van der Waals surface area contributed by atoms with Crippen molar-refractivity contribution in [3.63, 3.8) is 0 Å². The fourth-order valence-corrected chi connectivity index (χ4v) is 1.36. The second kappa shape index (κ2) is 5.04. The fraction of sp³-hybridized carbons (Fsp3) is 0.0714. The van der Waals surface area contributed by atoms with Gasteiger partial charge in [-0.3, -0.25) is 0 Å². The van der Waals surface area contributed by atoms with E-state index in [9.17, 15) is 0 Å². The van der Waals surface area contributed by atoms with E-state index in [4.69, 9.17) is 10.5 Å². The molecule has 0 fully saturated rings. The van der Waals surface area contributed by atoms with Gasteiger partial charge in [0, 0.05) is 11.8 Å². The highest BCUT2D eigenvalue weighted by atomic mass is 16.5. The molecule has 0 saturated heterocycles. The van der Waals surface area contributed by atoms with Gasteiger partial charge in [-0.05, 0) is 36.3 Å². The summed E-state index contributed by atoms with van der Waals surface area (Å²) in [4.78, 5) is 4.12. The molecule has 3 heteroatoms. The largest absolute Gasteiger partial charge is 0.495 e. The van der Waals surface area contributed by atoms with Crippen molar-refractivity contribution in [2.45, 2.75) is 0 Å². The number of nitrogens with zero attached hydrogens (tertiary/aromatic N) is 1. The maximum atomic E-state index is 5.72. The van der Waals surface area contributed by atoms with Gasteiger partial charge < -0.3 is 10.5 Å². The van der Waals surface area contributed by atoms with Gasteiger partial charge in [0.05, 0.1) is 12.8 Å². The molecule has 0 aliphatic carbocycles. The summed E-state index contributed by atoms with van der Waals surface area (Å²) in [5.41, 5.74) is 7.92. The van der Waals surface area contributed by atoms with Crippen molar-refractivity contribution in [1.82, 2.24) is 4.98 Å². The molecule has 1 aromatic carbocycles. The maximum absolute atomic E-state index is 5.72. The van der Waals surface area contributed by atoms with Crippen LogP contribution in [0.15, 0.2) is 42.6 Å². The van der Waals surface area contributed by atoms with E-state index < -0.39 is 0 Å². The molecule has 2 N–H and O–H groups in total. The van der Waals surface area contributed by atoms with E-state index in [-0.39, 0.29) is 0 Å². The number of hydrogen-bond donors (Lipinski definition) is 1. The number of nitrogen functional groups attached to an aromatic ring is 1. The van der Waals surface area contributed by atoms with Crippen LogP contribution in [0, 0.1) is 11.8 Å². The first-order valence-electron chi connectivity index (χ1n) is 5.16. The molecule has 0 atom stereocenters. The van der Waals surface area contributed by atoms with Crippen molar-refractivity contribution in [2.24, 2.45) is 0 Å². The minimum Gasteiger partial charge on any atom is -0.495 e. The van der Waals surface area contributed by atoms with Gasteiger partial charge in [0.1, 0.15) is 11.4 Å².